The van der Waals surface area contributed by atoms with Gasteiger partial charge in [0.25, 0.3) is 0 Å². The average Bonchev–Trinajstić information content (AvgIpc) is 2.27. The summed E-state index contributed by atoms with van der Waals surface area (Å²) in [5.74, 6) is 0.941. The second-order valence-corrected chi connectivity index (χ2v) is 4.68. The summed E-state index contributed by atoms with van der Waals surface area (Å²) in [6, 6.07) is 0. The van der Waals surface area contributed by atoms with Gasteiger partial charge in [-0.25, -0.2) is 0 Å². The van der Waals surface area contributed by atoms with Gasteiger partial charge in [0.1, 0.15) is 17.5 Å². The minimum atomic E-state index is 0.117. The molecule has 0 aromatic heterocycles. The van der Waals surface area contributed by atoms with Gasteiger partial charge in [0.2, 0.25) is 0 Å². The lowest BCUT2D eigenvalue weighted by molar-refractivity contribution is 0.185. The van der Waals surface area contributed by atoms with Crippen molar-refractivity contribution in [2.75, 3.05) is 33.2 Å². The Hall–Kier alpha value is -2.02. The largest absolute Gasteiger partial charge is 0.385 e. The molecule has 0 unspecified atom stereocenters. The second-order valence-electron chi connectivity index (χ2n) is 4.68. The molecule has 1 saturated heterocycles. The highest BCUT2D eigenvalue weighted by molar-refractivity contribution is 5.94. The Morgan fingerprint density at radius 2 is 1.68 bits per heavy atom. The first-order valence-electron chi connectivity index (χ1n) is 6.17. The van der Waals surface area contributed by atoms with Crippen molar-refractivity contribution in [3.05, 3.63) is 23.8 Å². The fourth-order valence-electron chi connectivity index (χ4n) is 1.76. The molecule has 106 valence electrons. The number of piperazine rings is 1. The molecule has 7 N–H and O–H groups in total. The molecule has 0 atom stereocenters. The van der Waals surface area contributed by atoms with E-state index in [4.69, 9.17) is 22.3 Å². The molecule has 0 saturated carbocycles. The van der Waals surface area contributed by atoms with Crippen LogP contribution in [0.1, 0.15) is 6.92 Å². The molecule has 1 rings (SSSR count). The molecular weight excluding hydrogens is 242 g/mol. The lowest BCUT2D eigenvalue weighted by atomic mass is 10.3. The Morgan fingerprint density at radius 1 is 1.11 bits per heavy atom. The molecule has 0 bridgehead atoms. The monoisotopic (exact) mass is 265 g/mol. The van der Waals surface area contributed by atoms with Crippen LogP contribution in [0.25, 0.3) is 0 Å². The zero-order valence-electron chi connectivity index (χ0n) is 11.5. The van der Waals surface area contributed by atoms with Gasteiger partial charge in [-0.2, -0.15) is 0 Å². The van der Waals surface area contributed by atoms with Gasteiger partial charge < -0.3 is 32.0 Å². The van der Waals surface area contributed by atoms with E-state index in [0.717, 1.165) is 26.2 Å². The van der Waals surface area contributed by atoms with Gasteiger partial charge in [-0.15, -0.1) is 0 Å². The summed E-state index contributed by atoms with van der Waals surface area (Å²) >= 11 is 0. The van der Waals surface area contributed by atoms with Crippen molar-refractivity contribution >= 4 is 11.5 Å². The van der Waals surface area contributed by atoms with Crippen LogP contribution in [0, 0.1) is 10.8 Å². The van der Waals surface area contributed by atoms with E-state index in [0.29, 0.717) is 11.5 Å². The smallest absolute Gasteiger partial charge is 0.127 e. The fraction of sp³-hybridized carbons (Fsp3) is 0.500. The Labute approximate surface area is 113 Å². The quantitative estimate of drug-likeness (QED) is 0.345. The summed E-state index contributed by atoms with van der Waals surface area (Å²) < 4.78 is 0. The molecule has 0 aromatic rings. The van der Waals surface area contributed by atoms with E-state index in [1.165, 1.54) is 6.08 Å². The number of hydrogen-bond acceptors (Lipinski definition) is 6. The Bertz CT molecular complexity index is 402. The van der Waals surface area contributed by atoms with Gasteiger partial charge in [-0.3, -0.25) is 5.41 Å². The van der Waals surface area contributed by atoms with Crippen LogP contribution in [0.3, 0.4) is 0 Å². The molecule has 0 aromatic carbocycles. The molecule has 0 amide bonds. The van der Waals surface area contributed by atoms with Crippen LogP contribution in [0.2, 0.25) is 0 Å². The third kappa shape index (κ3) is 5.43. The molecule has 0 spiro atoms. The zero-order valence-corrected chi connectivity index (χ0v) is 11.5. The number of nitrogens with one attached hydrogen (secondary N) is 3. The van der Waals surface area contributed by atoms with E-state index in [1.807, 2.05) is 4.90 Å². The first-order valence-corrected chi connectivity index (χ1v) is 6.17. The van der Waals surface area contributed by atoms with E-state index in [1.54, 1.807) is 13.0 Å². The fourth-order valence-corrected chi connectivity index (χ4v) is 1.76. The maximum atomic E-state index is 7.76. The Balaban J connectivity index is 2.54. The normalized spacial score (nSPS) is 18.3. The van der Waals surface area contributed by atoms with Crippen LogP contribution in [-0.4, -0.2) is 54.6 Å². The van der Waals surface area contributed by atoms with Gasteiger partial charge in [0.15, 0.2) is 0 Å². The summed E-state index contributed by atoms with van der Waals surface area (Å²) in [7, 11) is 2.08. The van der Waals surface area contributed by atoms with E-state index in [2.05, 4.69) is 17.3 Å². The van der Waals surface area contributed by atoms with Crippen LogP contribution < -0.4 is 16.8 Å². The first-order chi connectivity index (χ1) is 8.88. The minimum Gasteiger partial charge on any atom is -0.385 e. The van der Waals surface area contributed by atoms with E-state index in [-0.39, 0.29) is 11.7 Å². The standard InChI is InChI=1S/C12H23N7/c1-9(13)7-10(14)17-11(15)8-12(16)19-5-3-18(2)4-6-19/h7-8,13H,3-6,14,16H2,1-2H3,(H2,15,17)/b10-7+,12-8+,13-9?. The topological polar surface area (TPSA) is 118 Å². The molecule has 0 aliphatic carbocycles. The molecule has 7 heteroatoms. The highest BCUT2D eigenvalue weighted by Crippen LogP contribution is 2.03. The molecular formula is C12H23N7. The maximum Gasteiger partial charge on any atom is 0.127 e. The van der Waals surface area contributed by atoms with Crippen LogP contribution >= 0.6 is 0 Å². The Morgan fingerprint density at radius 3 is 2.21 bits per heavy atom. The van der Waals surface area contributed by atoms with Crippen LogP contribution in [0.4, 0.5) is 0 Å². The third-order valence-corrected chi connectivity index (χ3v) is 2.81. The van der Waals surface area contributed by atoms with Gasteiger partial charge in [-0.05, 0) is 20.0 Å². The lowest BCUT2D eigenvalue weighted by Crippen LogP contribution is -2.45. The predicted octanol–water partition coefficient (Wildman–Crippen LogP) is -0.559. The molecule has 1 fully saturated rings. The van der Waals surface area contributed by atoms with Crippen LogP contribution in [-0.2, 0) is 0 Å². The zero-order chi connectivity index (χ0) is 14.4. The number of hydrogen-bond donors (Lipinski definition) is 5. The van der Waals surface area contributed by atoms with Crippen molar-refractivity contribution in [1.82, 2.24) is 15.1 Å². The number of nitrogens with zero attached hydrogens (tertiary/aromatic N) is 2. The minimum absolute atomic E-state index is 0.117. The lowest BCUT2D eigenvalue weighted by Gasteiger charge is -2.34. The first kappa shape index (κ1) is 15.0. The number of likely N-dealkylation sites (N-methyl/N-ethyl adjacent to an activating group) is 1. The van der Waals surface area contributed by atoms with Crippen molar-refractivity contribution in [3.63, 3.8) is 0 Å². The van der Waals surface area contributed by atoms with Crippen molar-refractivity contribution < 1.29 is 0 Å². The number of rotatable bonds is 4. The average molecular weight is 265 g/mol. The Kier molecular flexibility index (Phi) is 5.37. The highest BCUT2D eigenvalue weighted by atomic mass is 15.3. The van der Waals surface area contributed by atoms with Crippen molar-refractivity contribution in [2.24, 2.45) is 11.5 Å². The SMILES string of the molecule is CC(=N)/C=C(\N)NC(=N)/C=C(\N)N1CCN(C)CC1. The molecule has 0 radical (unpaired) electrons. The number of allylic oxidation sites excluding steroid dienone is 1. The predicted molar refractivity (Wildman–Crippen MR) is 77.9 cm³/mol. The third-order valence-electron chi connectivity index (χ3n) is 2.81. The van der Waals surface area contributed by atoms with Crippen molar-refractivity contribution in [2.45, 2.75) is 6.92 Å². The van der Waals surface area contributed by atoms with Gasteiger partial charge in [0, 0.05) is 38.0 Å². The number of amidine groups is 1. The van der Waals surface area contributed by atoms with Crippen LogP contribution in [0.15, 0.2) is 23.8 Å². The van der Waals surface area contributed by atoms with E-state index < -0.39 is 0 Å². The summed E-state index contributed by atoms with van der Waals surface area (Å²) in [5, 5.41) is 17.7. The highest BCUT2D eigenvalue weighted by Gasteiger charge is 2.14. The molecule has 7 nitrogen and oxygen atoms in total. The molecule has 1 aliphatic heterocycles. The maximum absolute atomic E-state index is 7.76. The number of nitrogens with two attached hydrogens (primary N) is 2. The van der Waals surface area contributed by atoms with Gasteiger partial charge >= 0.3 is 0 Å². The van der Waals surface area contributed by atoms with Crippen molar-refractivity contribution in [3.8, 4) is 0 Å². The van der Waals surface area contributed by atoms with E-state index in [9.17, 15) is 0 Å². The molecule has 1 heterocycles. The summed E-state index contributed by atoms with van der Waals surface area (Å²) in [6.45, 7) is 5.26. The summed E-state index contributed by atoms with van der Waals surface area (Å²) in [6.07, 6.45) is 3.00. The van der Waals surface area contributed by atoms with Gasteiger partial charge in [0.05, 0.1) is 0 Å². The van der Waals surface area contributed by atoms with Crippen LogP contribution in [0.5, 0.6) is 0 Å². The van der Waals surface area contributed by atoms with Gasteiger partial charge in [-0.1, -0.05) is 0 Å². The second kappa shape index (κ2) is 6.79. The summed E-state index contributed by atoms with van der Waals surface area (Å²) in [4.78, 5) is 4.28. The van der Waals surface area contributed by atoms with Crippen molar-refractivity contribution in [1.29, 1.82) is 10.8 Å². The molecule has 1 aliphatic rings. The van der Waals surface area contributed by atoms with E-state index >= 15 is 0 Å². The molecule has 19 heavy (non-hydrogen) atoms. The summed E-state index contributed by atoms with van der Waals surface area (Å²) in [5.41, 5.74) is 11.9.